The van der Waals surface area contributed by atoms with Crippen molar-refractivity contribution in [3.05, 3.63) is 12.4 Å². The van der Waals surface area contributed by atoms with Crippen molar-refractivity contribution in [3.8, 4) is 0 Å². The van der Waals surface area contributed by atoms with Gasteiger partial charge in [0.15, 0.2) is 0 Å². The van der Waals surface area contributed by atoms with Gasteiger partial charge in [0.2, 0.25) is 5.95 Å². The second-order valence-corrected chi connectivity index (χ2v) is 5.30. The van der Waals surface area contributed by atoms with E-state index in [-0.39, 0.29) is 0 Å². The van der Waals surface area contributed by atoms with Crippen molar-refractivity contribution < 1.29 is 5.11 Å². The Morgan fingerprint density at radius 2 is 2.24 bits per heavy atom. The van der Waals surface area contributed by atoms with Gasteiger partial charge in [0, 0.05) is 25.5 Å². The lowest BCUT2D eigenvalue weighted by Gasteiger charge is -2.35. The van der Waals surface area contributed by atoms with Crippen molar-refractivity contribution in [2.45, 2.75) is 51.7 Å². The van der Waals surface area contributed by atoms with Crippen LogP contribution in [0.4, 0.5) is 5.95 Å². The first kappa shape index (κ1) is 12.4. The van der Waals surface area contributed by atoms with E-state index < -0.39 is 5.60 Å². The highest BCUT2D eigenvalue weighted by Crippen LogP contribution is 2.31. The number of rotatable bonds is 4. The molecular formula is C13H23N3O. The topological polar surface area (TPSA) is 50.1 Å². The standard InChI is InChI=1S/C13H23N3O/c1-3-16-9-8-14-12(16)15-10-13(17)6-4-11(2)5-7-13/h8-9,11,17H,3-7,10H2,1-2H3,(H,14,15). The molecule has 1 aliphatic carbocycles. The number of aromatic nitrogens is 2. The summed E-state index contributed by atoms with van der Waals surface area (Å²) in [5, 5.41) is 13.7. The minimum absolute atomic E-state index is 0.545. The summed E-state index contributed by atoms with van der Waals surface area (Å²) in [5.74, 6) is 1.62. The fraction of sp³-hybridized carbons (Fsp3) is 0.769. The highest BCUT2D eigenvalue weighted by molar-refractivity contribution is 5.26. The number of aliphatic hydroxyl groups is 1. The van der Waals surface area contributed by atoms with E-state index in [1.807, 2.05) is 6.20 Å². The van der Waals surface area contributed by atoms with E-state index in [9.17, 15) is 5.11 Å². The molecule has 17 heavy (non-hydrogen) atoms. The molecule has 0 bridgehead atoms. The Kier molecular flexibility index (Phi) is 3.72. The number of nitrogens with one attached hydrogen (secondary N) is 1. The van der Waals surface area contributed by atoms with Gasteiger partial charge in [-0.05, 0) is 38.5 Å². The van der Waals surface area contributed by atoms with Gasteiger partial charge in [-0.2, -0.15) is 0 Å². The minimum Gasteiger partial charge on any atom is -0.388 e. The summed E-state index contributed by atoms with van der Waals surface area (Å²) >= 11 is 0. The van der Waals surface area contributed by atoms with Crippen LogP contribution in [0.1, 0.15) is 39.5 Å². The number of anilines is 1. The van der Waals surface area contributed by atoms with Crippen molar-refractivity contribution in [2.75, 3.05) is 11.9 Å². The van der Waals surface area contributed by atoms with Gasteiger partial charge in [-0.3, -0.25) is 0 Å². The summed E-state index contributed by atoms with van der Waals surface area (Å²) in [5.41, 5.74) is -0.545. The second-order valence-electron chi connectivity index (χ2n) is 5.30. The highest BCUT2D eigenvalue weighted by atomic mass is 16.3. The molecule has 1 aliphatic rings. The van der Waals surface area contributed by atoms with Crippen molar-refractivity contribution >= 4 is 5.95 Å². The Morgan fingerprint density at radius 1 is 1.53 bits per heavy atom. The zero-order chi connectivity index (χ0) is 12.3. The van der Waals surface area contributed by atoms with Gasteiger partial charge in [-0.25, -0.2) is 4.98 Å². The monoisotopic (exact) mass is 237 g/mol. The molecule has 2 rings (SSSR count). The van der Waals surface area contributed by atoms with Gasteiger partial charge < -0.3 is 15.0 Å². The van der Waals surface area contributed by atoms with Crippen LogP contribution in [0, 0.1) is 5.92 Å². The first-order valence-corrected chi connectivity index (χ1v) is 6.60. The molecule has 1 saturated carbocycles. The molecule has 1 aromatic heterocycles. The highest BCUT2D eigenvalue weighted by Gasteiger charge is 2.31. The lowest BCUT2D eigenvalue weighted by atomic mass is 9.79. The van der Waals surface area contributed by atoms with Gasteiger partial charge in [0.25, 0.3) is 0 Å². The molecule has 1 aromatic rings. The normalized spacial score (nSPS) is 29.2. The molecular weight excluding hydrogens is 214 g/mol. The summed E-state index contributed by atoms with van der Waals surface area (Å²) in [6, 6.07) is 0. The fourth-order valence-electron chi connectivity index (χ4n) is 2.45. The number of hydrogen-bond acceptors (Lipinski definition) is 3. The van der Waals surface area contributed by atoms with Crippen LogP contribution in [-0.2, 0) is 6.54 Å². The molecule has 0 radical (unpaired) electrons. The Morgan fingerprint density at radius 3 is 2.88 bits per heavy atom. The Bertz CT molecular complexity index is 353. The molecule has 1 fully saturated rings. The predicted molar refractivity (Wildman–Crippen MR) is 69.0 cm³/mol. The summed E-state index contributed by atoms with van der Waals surface area (Å²) in [7, 11) is 0. The van der Waals surface area contributed by atoms with E-state index in [1.54, 1.807) is 6.20 Å². The predicted octanol–water partition coefficient (Wildman–Crippen LogP) is 2.26. The molecule has 0 aromatic carbocycles. The van der Waals surface area contributed by atoms with E-state index in [4.69, 9.17) is 0 Å². The molecule has 1 heterocycles. The van der Waals surface area contributed by atoms with E-state index >= 15 is 0 Å². The zero-order valence-electron chi connectivity index (χ0n) is 10.8. The van der Waals surface area contributed by atoms with Crippen LogP contribution < -0.4 is 5.32 Å². The van der Waals surface area contributed by atoms with Crippen LogP contribution in [0.3, 0.4) is 0 Å². The molecule has 0 spiro atoms. The van der Waals surface area contributed by atoms with Gasteiger partial charge in [-0.1, -0.05) is 6.92 Å². The van der Waals surface area contributed by atoms with E-state index in [0.717, 1.165) is 44.1 Å². The number of imidazole rings is 1. The maximum atomic E-state index is 10.5. The average molecular weight is 237 g/mol. The van der Waals surface area contributed by atoms with Crippen LogP contribution >= 0.6 is 0 Å². The number of nitrogens with zero attached hydrogens (tertiary/aromatic N) is 2. The third-order valence-corrected chi connectivity index (χ3v) is 3.84. The van der Waals surface area contributed by atoms with Crippen LogP contribution in [-0.4, -0.2) is 26.8 Å². The third kappa shape index (κ3) is 3.00. The molecule has 0 saturated heterocycles. The summed E-state index contributed by atoms with van der Waals surface area (Å²) < 4.78 is 2.05. The fourth-order valence-corrected chi connectivity index (χ4v) is 2.45. The lowest BCUT2D eigenvalue weighted by molar-refractivity contribution is 0.00483. The number of aryl methyl sites for hydroxylation is 1. The minimum atomic E-state index is -0.545. The van der Waals surface area contributed by atoms with Crippen LogP contribution in [0.5, 0.6) is 0 Å². The summed E-state index contributed by atoms with van der Waals surface area (Å²) in [6.45, 7) is 5.86. The van der Waals surface area contributed by atoms with Crippen LogP contribution in [0.2, 0.25) is 0 Å². The lowest BCUT2D eigenvalue weighted by Crippen LogP contribution is -2.40. The quantitative estimate of drug-likeness (QED) is 0.844. The second kappa shape index (κ2) is 5.08. The Labute approximate surface area is 103 Å². The van der Waals surface area contributed by atoms with E-state index in [2.05, 4.69) is 28.7 Å². The zero-order valence-corrected chi connectivity index (χ0v) is 10.8. The SMILES string of the molecule is CCn1ccnc1NCC1(O)CCC(C)CC1. The summed E-state index contributed by atoms with van der Waals surface area (Å²) in [4.78, 5) is 4.26. The van der Waals surface area contributed by atoms with Gasteiger partial charge in [-0.15, -0.1) is 0 Å². The molecule has 0 aliphatic heterocycles. The van der Waals surface area contributed by atoms with Crippen LogP contribution in [0.15, 0.2) is 12.4 Å². The Balaban J connectivity index is 1.89. The van der Waals surface area contributed by atoms with Crippen molar-refractivity contribution in [1.29, 1.82) is 0 Å². The number of hydrogen-bond donors (Lipinski definition) is 2. The van der Waals surface area contributed by atoms with E-state index in [0.29, 0.717) is 6.54 Å². The summed E-state index contributed by atoms with van der Waals surface area (Å²) in [6.07, 6.45) is 7.79. The smallest absolute Gasteiger partial charge is 0.202 e. The maximum Gasteiger partial charge on any atom is 0.202 e. The van der Waals surface area contributed by atoms with Crippen molar-refractivity contribution in [3.63, 3.8) is 0 Å². The molecule has 4 heteroatoms. The average Bonchev–Trinajstić information content (AvgIpc) is 2.78. The van der Waals surface area contributed by atoms with Gasteiger partial charge in [0.05, 0.1) is 5.60 Å². The first-order chi connectivity index (χ1) is 8.13. The largest absolute Gasteiger partial charge is 0.388 e. The van der Waals surface area contributed by atoms with Crippen molar-refractivity contribution in [2.24, 2.45) is 5.92 Å². The van der Waals surface area contributed by atoms with Gasteiger partial charge in [0.1, 0.15) is 0 Å². The molecule has 0 unspecified atom stereocenters. The third-order valence-electron chi connectivity index (χ3n) is 3.84. The van der Waals surface area contributed by atoms with Gasteiger partial charge >= 0.3 is 0 Å². The van der Waals surface area contributed by atoms with Crippen molar-refractivity contribution in [1.82, 2.24) is 9.55 Å². The maximum absolute atomic E-state index is 10.5. The molecule has 96 valence electrons. The van der Waals surface area contributed by atoms with E-state index in [1.165, 1.54) is 0 Å². The van der Waals surface area contributed by atoms with Crippen LogP contribution in [0.25, 0.3) is 0 Å². The Hall–Kier alpha value is -1.03. The molecule has 2 N–H and O–H groups in total. The first-order valence-electron chi connectivity index (χ1n) is 6.60. The molecule has 4 nitrogen and oxygen atoms in total. The molecule has 0 atom stereocenters. The molecule has 0 amide bonds.